The van der Waals surface area contributed by atoms with Crippen LogP contribution >= 0.6 is 11.6 Å². The summed E-state index contributed by atoms with van der Waals surface area (Å²) in [6.45, 7) is 2.65. The third-order valence-electron chi connectivity index (χ3n) is 2.99. The fourth-order valence-corrected chi connectivity index (χ4v) is 2.25. The van der Waals surface area contributed by atoms with E-state index >= 15 is 0 Å². The first-order valence-corrected chi connectivity index (χ1v) is 7.53. The second-order valence-electron chi connectivity index (χ2n) is 4.96. The van der Waals surface area contributed by atoms with E-state index < -0.39 is 0 Å². The molecule has 0 saturated carbocycles. The van der Waals surface area contributed by atoms with E-state index in [1.165, 1.54) is 0 Å². The molecule has 0 saturated heterocycles. The number of carbonyl (C=O) groups is 1. The van der Waals surface area contributed by atoms with Gasteiger partial charge in [-0.3, -0.25) is 4.79 Å². The second-order valence-corrected chi connectivity index (χ2v) is 5.37. The van der Waals surface area contributed by atoms with Gasteiger partial charge in [-0.05, 0) is 42.3 Å². The van der Waals surface area contributed by atoms with Gasteiger partial charge in [0.15, 0.2) is 0 Å². The summed E-state index contributed by atoms with van der Waals surface area (Å²) in [5, 5.41) is 3.32. The van der Waals surface area contributed by atoms with E-state index in [0.717, 1.165) is 12.0 Å². The SMILES string of the molecule is CCCOc1ccc(CC(=O)Nc2cccc(N)c2)cc1Cl. The minimum absolute atomic E-state index is 0.121. The van der Waals surface area contributed by atoms with E-state index in [1.807, 2.05) is 13.0 Å². The Hall–Kier alpha value is -2.20. The smallest absolute Gasteiger partial charge is 0.228 e. The largest absolute Gasteiger partial charge is 0.492 e. The van der Waals surface area contributed by atoms with Crippen LogP contribution in [0.4, 0.5) is 11.4 Å². The maximum atomic E-state index is 12.0. The molecule has 1 amide bonds. The molecule has 0 fully saturated rings. The minimum atomic E-state index is -0.121. The Morgan fingerprint density at radius 3 is 2.77 bits per heavy atom. The zero-order valence-corrected chi connectivity index (χ0v) is 13.2. The number of nitrogens with one attached hydrogen (secondary N) is 1. The zero-order chi connectivity index (χ0) is 15.9. The quantitative estimate of drug-likeness (QED) is 0.794. The van der Waals surface area contributed by atoms with Crippen molar-refractivity contribution in [1.29, 1.82) is 0 Å². The molecule has 5 heteroatoms. The molecule has 0 radical (unpaired) electrons. The van der Waals surface area contributed by atoms with E-state index in [-0.39, 0.29) is 12.3 Å². The average molecular weight is 319 g/mol. The molecular weight excluding hydrogens is 300 g/mol. The molecule has 0 bridgehead atoms. The summed E-state index contributed by atoms with van der Waals surface area (Å²) >= 11 is 6.16. The lowest BCUT2D eigenvalue weighted by molar-refractivity contribution is -0.115. The summed E-state index contributed by atoms with van der Waals surface area (Å²) in [7, 11) is 0. The molecule has 2 aromatic carbocycles. The predicted octanol–water partition coefficient (Wildman–Crippen LogP) is 3.89. The number of rotatable bonds is 6. The van der Waals surface area contributed by atoms with Crippen molar-refractivity contribution in [2.24, 2.45) is 0 Å². The van der Waals surface area contributed by atoms with E-state index in [1.54, 1.807) is 36.4 Å². The lowest BCUT2D eigenvalue weighted by atomic mass is 10.1. The van der Waals surface area contributed by atoms with Crippen LogP contribution in [-0.2, 0) is 11.2 Å². The number of ether oxygens (including phenoxy) is 1. The fourth-order valence-electron chi connectivity index (χ4n) is 1.99. The average Bonchev–Trinajstić information content (AvgIpc) is 2.46. The third-order valence-corrected chi connectivity index (χ3v) is 3.29. The number of nitrogens with two attached hydrogens (primary N) is 1. The van der Waals surface area contributed by atoms with Crippen molar-refractivity contribution < 1.29 is 9.53 Å². The predicted molar refractivity (Wildman–Crippen MR) is 90.4 cm³/mol. The van der Waals surface area contributed by atoms with Gasteiger partial charge in [0.1, 0.15) is 5.75 Å². The molecule has 0 atom stereocenters. The number of hydrogen-bond donors (Lipinski definition) is 2. The number of hydrogen-bond acceptors (Lipinski definition) is 3. The van der Waals surface area contributed by atoms with Gasteiger partial charge >= 0.3 is 0 Å². The van der Waals surface area contributed by atoms with Crippen molar-refractivity contribution in [3.63, 3.8) is 0 Å². The Morgan fingerprint density at radius 1 is 1.27 bits per heavy atom. The molecule has 0 aliphatic rings. The van der Waals surface area contributed by atoms with Crippen molar-refractivity contribution in [2.75, 3.05) is 17.7 Å². The van der Waals surface area contributed by atoms with Gasteiger partial charge < -0.3 is 15.8 Å². The molecule has 22 heavy (non-hydrogen) atoms. The van der Waals surface area contributed by atoms with E-state index in [2.05, 4.69) is 5.32 Å². The van der Waals surface area contributed by atoms with Crippen LogP contribution in [0.2, 0.25) is 5.02 Å². The first-order chi connectivity index (χ1) is 10.6. The first-order valence-electron chi connectivity index (χ1n) is 7.15. The lowest BCUT2D eigenvalue weighted by Gasteiger charge is -2.09. The molecule has 0 unspecified atom stereocenters. The topological polar surface area (TPSA) is 64.3 Å². The molecule has 0 aliphatic heterocycles. The minimum Gasteiger partial charge on any atom is -0.492 e. The summed E-state index contributed by atoms with van der Waals surface area (Å²) in [5.74, 6) is 0.521. The van der Waals surface area contributed by atoms with Gasteiger partial charge in [-0.2, -0.15) is 0 Å². The molecule has 0 aromatic heterocycles. The Morgan fingerprint density at radius 2 is 2.09 bits per heavy atom. The van der Waals surface area contributed by atoms with Crippen LogP contribution in [0.25, 0.3) is 0 Å². The maximum Gasteiger partial charge on any atom is 0.228 e. The monoisotopic (exact) mass is 318 g/mol. The van der Waals surface area contributed by atoms with Gasteiger partial charge in [0.2, 0.25) is 5.91 Å². The second kappa shape index (κ2) is 7.71. The number of anilines is 2. The number of amides is 1. The summed E-state index contributed by atoms with van der Waals surface area (Å²) in [6.07, 6.45) is 1.16. The van der Waals surface area contributed by atoms with Crippen molar-refractivity contribution in [3.8, 4) is 5.75 Å². The van der Waals surface area contributed by atoms with Crippen LogP contribution in [0, 0.1) is 0 Å². The van der Waals surface area contributed by atoms with E-state index in [4.69, 9.17) is 22.1 Å². The third kappa shape index (κ3) is 4.67. The molecule has 2 aromatic rings. The van der Waals surface area contributed by atoms with Crippen LogP contribution in [0.1, 0.15) is 18.9 Å². The number of nitrogen functional groups attached to an aromatic ring is 1. The van der Waals surface area contributed by atoms with Crippen LogP contribution in [0.3, 0.4) is 0 Å². The summed E-state index contributed by atoms with van der Waals surface area (Å²) in [5.41, 5.74) is 7.80. The molecule has 0 heterocycles. The normalized spacial score (nSPS) is 10.3. The Balaban J connectivity index is 1.98. The van der Waals surface area contributed by atoms with Crippen LogP contribution in [-0.4, -0.2) is 12.5 Å². The van der Waals surface area contributed by atoms with E-state index in [0.29, 0.717) is 28.8 Å². The Labute approximate surface area is 135 Å². The van der Waals surface area contributed by atoms with Gasteiger partial charge in [0, 0.05) is 11.4 Å². The summed E-state index contributed by atoms with van der Waals surface area (Å²) in [4.78, 5) is 12.0. The molecule has 116 valence electrons. The van der Waals surface area contributed by atoms with Gasteiger partial charge in [-0.1, -0.05) is 30.7 Å². The first kappa shape index (κ1) is 16.2. The van der Waals surface area contributed by atoms with E-state index in [9.17, 15) is 4.79 Å². The van der Waals surface area contributed by atoms with Crippen molar-refractivity contribution in [2.45, 2.75) is 19.8 Å². The number of carbonyl (C=O) groups excluding carboxylic acids is 1. The molecule has 4 nitrogen and oxygen atoms in total. The van der Waals surface area contributed by atoms with Crippen molar-refractivity contribution in [3.05, 3.63) is 53.1 Å². The Kier molecular flexibility index (Phi) is 5.67. The van der Waals surface area contributed by atoms with Crippen molar-refractivity contribution >= 4 is 28.9 Å². The molecule has 0 spiro atoms. The summed E-state index contributed by atoms with van der Waals surface area (Å²) in [6, 6.07) is 12.5. The zero-order valence-electron chi connectivity index (χ0n) is 12.4. The van der Waals surface area contributed by atoms with Gasteiger partial charge in [-0.25, -0.2) is 0 Å². The van der Waals surface area contributed by atoms with Crippen LogP contribution in [0.15, 0.2) is 42.5 Å². The number of halogens is 1. The van der Waals surface area contributed by atoms with Crippen LogP contribution in [0.5, 0.6) is 5.75 Å². The summed E-state index contributed by atoms with van der Waals surface area (Å²) < 4.78 is 5.51. The van der Waals surface area contributed by atoms with Gasteiger partial charge in [0.05, 0.1) is 18.1 Å². The van der Waals surface area contributed by atoms with Gasteiger partial charge in [-0.15, -0.1) is 0 Å². The molecule has 0 aliphatic carbocycles. The highest BCUT2D eigenvalue weighted by Gasteiger charge is 2.08. The highest BCUT2D eigenvalue weighted by molar-refractivity contribution is 6.32. The fraction of sp³-hybridized carbons (Fsp3) is 0.235. The lowest BCUT2D eigenvalue weighted by Crippen LogP contribution is -2.14. The highest BCUT2D eigenvalue weighted by atomic mass is 35.5. The number of benzene rings is 2. The highest BCUT2D eigenvalue weighted by Crippen LogP contribution is 2.26. The molecular formula is C17H19ClN2O2. The Bertz CT molecular complexity index is 659. The van der Waals surface area contributed by atoms with Gasteiger partial charge in [0.25, 0.3) is 0 Å². The molecule has 3 N–H and O–H groups in total. The van der Waals surface area contributed by atoms with Crippen molar-refractivity contribution in [1.82, 2.24) is 0 Å². The standard InChI is InChI=1S/C17H19ClN2O2/c1-2-8-22-16-7-6-12(9-15(16)18)10-17(21)20-14-5-3-4-13(19)11-14/h3-7,9,11H,2,8,10,19H2,1H3,(H,20,21). The molecule has 2 rings (SSSR count). The maximum absolute atomic E-state index is 12.0. The van der Waals surface area contributed by atoms with Crippen LogP contribution < -0.4 is 15.8 Å².